The molecule has 2 N–H and O–H groups in total. The molecule has 0 fully saturated rings. The average Bonchev–Trinajstić information content (AvgIpc) is 2.61. The third-order valence-electron chi connectivity index (χ3n) is 3.51. The van der Waals surface area contributed by atoms with Crippen molar-refractivity contribution in [3.05, 3.63) is 78.1 Å². The zero-order chi connectivity index (χ0) is 16.8. The Morgan fingerprint density at radius 3 is 2.58 bits per heavy atom. The van der Waals surface area contributed by atoms with Crippen LogP contribution in [0.2, 0.25) is 0 Å². The second-order valence-electron chi connectivity index (χ2n) is 5.22. The van der Waals surface area contributed by atoms with Crippen LogP contribution >= 0.6 is 0 Å². The lowest BCUT2D eigenvalue weighted by Crippen LogP contribution is -2.25. The van der Waals surface area contributed by atoms with Crippen LogP contribution in [-0.2, 0) is 4.79 Å². The number of hydrazone groups is 1. The molecule has 0 aliphatic carbocycles. The van der Waals surface area contributed by atoms with E-state index in [1.54, 1.807) is 18.3 Å². The molecule has 0 unspecified atom stereocenters. The van der Waals surface area contributed by atoms with Gasteiger partial charge in [-0.1, -0.05) is 42.5 Å². The molecule has 5 heteroatoms. The summed E-state index contributed by atoms with van der Waals surface area (Å²) in [5.41, 5.74) is 4.07. The fourth-order valence-corrected chi connectivity index (χ4v) is 2.33. The minimum Gasteiger partial charge on any atom is -0.376 e. The van der Waals surface area contributed by atoms with Crippen molar-refractivity contribution >= 4 is 28.6 Å². The maximum Gasteiger partial charge on any atom is 0.259 e. The molecule has 1 amide bonds. The van der Waals surface area contributed by atoms with Crippen molar-refractivity contribution in [3.8, 4) is 0 Å². The Labute approximate surface area is 139 Å². The van der Waals surface area contributed by atoms with E-state index in [9.17, 15) is 9.18 Å². The van der Waals surface area contributed by atoms with Gasteiger partial charge in [-0.15, -0.1) is 0 Å². The van der Waals surface area contributed by atoms with E-state index in [1.165, 1.54) is 12.1 Å². The number of hydrogen-bond donors (Lipinski definition) is 2. The van der Waals surface area contributed by atoms with Gasteiger partial charge in [-0.25, -0.2) is 9.82 Å². The molecule has 0 bridgehead atoms. The van der Waals surface area contributed by atoms with E-state index >= 15 is 0 Å². The molecule has 3 rings (SSSR count). The number of carbonyl (C=O) groups is 1. The number of rotatable bonds is 5. The molecule has 4 nitrogen and oxygen atoms in total. The van der Waals surface area contributed by atoms with Gasteiger partial charge in [0.25, 0.3) is 5.91 Å². The van der Waals surface area contributed by atoms with Gasteiger partial charge >= 0.3 is 0 Å². The SMILES string of the molecule is O=C(CNc1ccc(F)cc1)N/N=C/c1cccc2ccccc12. The molecule has 3 aromatic carbocycles. The number of hydrogen-bond acceptors (Lipinski definition) is 3. The first-order valence-electron chi connectivity index (χ1n) is 7.51. The molecule has 0 saturated heterocycles. The number of halogens is 1. The molecule has 3 aromatic rings. The molecular formula is C19H16FN3O. The number of benzene rings is 3. The molecule has 0 aliphatic rings. The number of fused-ring (bicyclic) bond motifs is 1. The second kappa shape index (κ2) is 7.37. The maximum atomic E-state index is 12.8. The molecule has 24 heavy (non-hydrogen) atoms. The van der Waals surface area contributed by atoms with Gasteiger partial charge < -0.3 is 5.32 Å². The summed E-state index contributed by atoms with van der Waals surface area (Å²) in [6.07, 6.45) is 1.62. The van der Waals surface area contributed by atoms with E-state index in [0.717, 1.165) is 16.3 Å². The summed E-state index contributed by atoms with van der Waals surface area (Å²) in [6.45, 7) is 0.0541. The Balaban J connectivity index is 1.57. The summed E-state index contributed by atoms with van der Waals surface area (Å²) in [5.74, 6) is -0.597. The molecule has 0 spiro atoms. The van der Waals surface area contributed by atoms with Gasteiger partial charge in [0.05, 0.1) is 12.8 Å². The highest BCUT2D eigenvalue weighted by Gasteiger charge is 2.00. The summed E-state index contributed by atoms with van der Waals surface area (Å²) >= 11 is 0. The maximum absolute atomic E-state index is 12.8. The van der Waals surface area contributed by atoms with E-state index < -0.39 is 0 Å². The minimum absolute atomic E-state index is 0.0541. The van der Waals surface area contributed by atoms with Crippen molar-refractivity contribution in [1.29, 1.82) is 0 Å². The number of nitrogens with zero attached hydrogens (tertiary/aromatic N) is 1. The lowest BCUT2D eigenvalue weighted by Gasteiger charge is -2.05. The largest absolute Gasteiger partial charge is 0.376 e. The molecule has 120 valence electrons. The van der Waals surface area contributed by atoms with E-state index in [4.69, 9.17) is 0 Å². The quantitative estimate of drug-likeness (QED) is 0.558. The standard InChI is InChI=1S/C19H16FN3O/c20-16-8-10-17(11-9-16)21-13-19(24)23-22-12-15-6-3-5-14-4-1-2-7-18(14)15/h1-12,21H,13H2,(H,23,24)/b22-12+. The Hall–Kier alpha value is -3.21. The van der Waals surface area contributed by atoms with Crippen LogP contribution in [-0.4, -0.2) is 18.7 Å². The van der Waals surface area contributed by atoms with Gasteiger partial charge in [-0.05, 0) is 35.0 Å². The molecule has 0 saturated carbocycles. The Kier molecular flexibility index (Phi) is 4.81. The van der Waals surface area contributed by atoms with Crippen molar-refractivity contribution in [1.82, 2.24) is 5.43 Å². The van der Waals surface area contributed by atoms with Crippen LogP contribution in [0.1, 0.15) is 5.56 Å². The van der Waals surface area contributed by atoms with E-state index in [1.807, 2.05) is 42.5 Å². The first-order valence-corrected chi connectivity index (χ1v) is 7.51. The van der Waals surface area contributed by atoms with Crippen LogP contribution < -0.4 is 10.7 Å². The van der Waals surface area contributed by atoms with Crippen LogP contribution in [0.5, 0.6) is 0 Å². The van der Waals surface area contributed by atoms with Crippen LogP contribution in [0.25, 0.3) is 10.8 Å². The summed E-state index contributed by atoms with van der Waals surface area (Å²) in [4.78, 5) is 11.8. The highest BCUT2D eigenvalue weighted by Crippen LogP contribution is 2.16. The monoisotopic (exact) mass is 321 g/mol. The number of carbonyl (C=O) groups excluding carboxylic acids is 1. The van der Waals surface area contributed by atoms with Crippen LogP contribution in [0, 0.1) is 5.82 Å². The number of amides is 1. The van der Waals surface area contributed by atoms with E-state index in [-0.39, 0.29) is 18.3 Å². The van der Waals surface area contributed by atoms with Crippen LogP contribution in [0.4, 0.5) is 10.1 Å². The van der Waals surface area contributed by atoms with Gasteiger partial charge in [0, 0.05) is 11.3 Å². The summed E-state index contributed by atoms with van der Waals surface area (Å²) in [5, 5.41) is 9.08. The predicted molar refractivity (Wildman–Crippen MR) is 94.6 cm³/mol. The van der Waals surface area contributed by atoms with Gasteiger partial charge in [0.2, 0.25) is 0 Å². The summed E-state index contributed by atoms with van der Waals surface area (Å²) in [6, 6.07) is 19.7. The van der Waals surface area contributed by atoms with E-state index in [2.05, 4.69) is 15.8 Å². The van der Waals surface area contributed by atoms with Crippen LogP contribution in [0.3, 0.4) is 0 Å². The van der Waals surface area contributed by atoms with Crippen molar-refractivity contribution in [2.45, 2.75) is 0 Å². The van der Waals surface area contributed by atoms with Crippen LogP contribution in [0.15, 0.2) is 71.8 Å². The minimum atomic E-state index is -0.315. The average molecular weight is 321 g/mol. The molecule has 0 aliphatic heterocycles. The topological polar surface area (TPSA) is 53.5 Å². The second-order valence-corrected chi connectivity index (χ2v) is 5.22. The molecular weight excluding hydrogens is 305 g/mol. The Morgan fingerprint density at radius 1 is 1.00 bits per heavy atom. The smallest absolute Gasteiger partial charge is 0.259 e. The highest BCUT2D eigenvalue weighted by atomic mass is 19.1. The number of anilines is 1. The molecule has 0 heterocycles. The van der Waals surface area contributed by atoms with Crippen molar-refractivity contribution in [2.24, 2.45) is 5.10 Å². The molecule has 0 aromatic heterocycles. The first-order chi connectivity index (χ1) is 11.7. The van der Waals surface area contributed by atoms with Crippen molar-refractivity contribution in [3.63, 3.8) is 0 Å². The Morgan fingerprint density at radius 2 is 1.75 bits per heavy atom. The predicted octanol–water partition coefficient (Wildman–Crippen LogP) is 3.54. The van der Waals surface area contributed by atoms with Gasteiger partial charge in [0.1, 0.15) is 5.82 Å². The van der Waals surface area contributed by atoms with E-state index in [0.29, 0.717) is 5.69 Å². The lowest BCUT2D eigenvalue weighted by molar-refractivity contribution is -0.119. The third-order valence-corrected chi connectivity index (χ3v) is 3.51. The lowest BCUT2D eigenvalue weighted by atomic mass is 10.1. The van der Waals surface area contributed by atoms with Gasteiger partial charge in [-0.2, -0.15) is 5.10 Å². The molecule has 0 atom stereocenters. The summed E-state index contributed by atoms with van der Waals surface area (Å²) < 4.78 is 12.8. The fraction of sp³-hybridized carbons (Fsp3) is 0.0526. The summed E-state index contributed by atoms with van der Waals surface area (Å²) in [7, 11) is 0. The highest BCUT2D eigenvalue weighted by molar-refractivity contribution is 6.00. The number of nitrogens with one attached hydrogen (secondary N) is 2. The van der Waals surface area contributed by atoms with Crippen molar-refractivity contribution in [2.75, 3.05) is 11.9 Å². The third kappa shape index (κ3) is 3.95. The fourth-order valence-electron chi connectivity index (χ4n) is 2.33. The zero-order valence-corrected chi connectivity index (χ0v) is 12.9. The first kappa shape index (κ1) is 15.7. The Bertz CT molecular complexity index is 870. The molecule has 0 radical (unpaired) electrons. The van der Waals surface area contributed by atoms with Crippen molar-refractivity contribution < 1.29 is 9.18 Å². The van der Waals surface area contributed by atoms with Gasteiger partial charge in [0.15, 0.2) is 0 Å². The normalized spacial score (nSPS) is 10.9. The zero-order valence-electron chi connectivity index (χ0n) is 12.9. The van der Waals surface area contributed by atoms with Gasteiger partial charge in [-0.3, -0.25) is 4.79 Å².